The van der Waals surface area contributed by atoms with Crippen LogP contribution >= 0.6 is 0 Å². The smallest absolute Gasteiger partial charge is 0.0961 e. The Hall–Kier alpha value is -0.500. The molecule has 2 nitrogen and oxygen atoms in total. The molecular formula is C11H22O2. The molecule has 0 bridgehead atoms. The van der Waals surface area contributed by atoms with Gasteiger partial charge in [0.25, 0.3) is 0 Å². The third-order valence-corrected chi connectivity index (χ3v) is 1.97. The van der Waals surface area contributed by atoms with E-state index >= 15 is 0 Å². The van der Waals surface area contributed by atoms with Crippen molar-refractivity contribution in [3.8, 4) is 0 Å². The van der Waals surface area contributed by atoms with Gasteiger partial charge >= 0.3 is 0 Å². The van der Waals surface area contributed by atoms with Crippen LogP contribution in [0.15, 0.2) is 11.8 Å². The highest BCUT2D eigenvalue weighted by Crippen LogP contribution is 2.27. The molecule has 0 rings (SSSR count). The first-order chi connectivity index (χ1) is 5.55. The summed E-state index contributed by atoms with van der Waals surface area (Å²) in [6.45, 7) is 11.5. The van der Waals surface area contributed by atoms with Gasteiger partial charge in [-0.1, -0.05) is 41.5 Å². The van der Waals surface area contributed by atoms with Crippen molar-refractivity contribution in [1.29, 1.82) is 0 Å². The minimum atomic E-state index is -0.605. The maximum Gasteiger partial charge on any atom is 0.0961 e. The summed E-state index contributed by atoms with van der Waals surface area (Å²) in [6.07, 6.45) is 0.923. The molecule has 0 amide bonds. The number of hydrogen-bond acceptors (Lipinski definition) is 2. The van der Waals surface area contributed by atoms with Crippen LogP contribution in [0.3, 0.4) is 0 Å². The lowest BCUT2D eigenvalue weighted by Crippen LogP contribution is -2.25. The zero-order valence-corrected chi connectivity index (χ0v) is 9.55. The molecular weight excluding hydrogens is 164 g/mol. The molecule has 78 valence electrons. The number of aliphatic hydroxyl groups excluding tert-OH is 2. The molecule has 0 heterocycles. The molecule has 0 saturated carbocycles. The molecule has 0 aromatic carbocycles. The zero-order chi connectivity index (χ0) is 10.9. The highest BCUT2D eigenvalue weighted by molar-refractivity contribution is 5.06. The number of aliphatic hydroxyl groups is 2. The molecule has 0 aromatic rings. The van der Waals surface area contributed by atoms with Crippen LogP contribution in [0.5, 0.6) is 0 Å². The van der Waals surface area contributed by atoms with Crippen LogP contribution in [0.2, 0.25) is 0 Å². The lowest BCUT2D eigenvalue weighted by atomic mass is 9.85. The van der Waals surface area contributed by atoms with Gasteiger partial charge in [-0.05, 0) is 11.5 Å². The van der Waals surface area contributed by atoms with E-state index in [1.807, 2.05) is 41.5 Å². The van der Waals surface area contributed by atoms with E-state index in [-0.39, 0.29) is 16.6 Å². The molecule has 0 aliphatic heterocycles. The molecule has 13 heavy (non-hydrogen) atoms. The van der Waals surface area contributed by atoms with E-state index < -0.39 is 6.10 Å². The number of rotatable bonds is 1. The van der Waals surface area contributed by atoms with Crippen molar-refractivity contribution in [2.75, 3.05) is 0 Å². The van der Waals surface area contributed by atoms with Gasteiger partial charge in [0, 0.05) is 5.41 Å². The van der Waals surface area contributed by atoms with Crippen LogP contribution in [0.1, 0.15) is 41.5 Å². The first kappa shape index (κ1) is 12.5. The van der Waals surface area contributed by atoms with Gasteiger partial charge in [-0.15, -0.1) is 0 Å². The minimum absolute atomic E-state index is 0.223. The molecule has 0 fully saturated rings. The summed E-state index contributed by atoms with van der Waals surface area (Å²) in [5, 5.41) is 19.3. The normalized spacial score (nSPS) is 17.3. The zero-order valence-electron chi connectivity index (χ0n) is 9.55. The molecule has 0 aromatic heterocycles. The Morgan fingerprint density at radius 3 is 1.69 bits per heavy atom. The van der Waals surface area contributed by atoms with E-state index in [0.29, 0.717) is 0 Å². The summed E-state index contributed by atoms with van der Waals surface area (Å²) in [4.78, 5) is 0. The van der Waals surface area contributed by atoms with Crippen molar-refractivity contribution in [2.45, 2.75) is 47.6 Å². The van der Waals surface area contributed by atoms with E-state index in [1.54, 1.807) is 0 Å². The van der Waals surface area contributed by atoms with Crippen LogP contribution in [-0.2, 0) is 0 Å². The number of hydrogen-bond donors (Lipinski definition) is 2. The second kappa shape index (κ2) is 3.70. The summed E-state index contributed by atoms with van der Waals surface area (Å²) < 4.78 is 0. The van der Waals surface area contributed by atoms with Gasteiger partial charge < -0.3 is 10.2 Å². The Morgan fingerprint density at radius 2 is 1.46 bits per heavy atom. The molecule has 0 radical (unpaired) electrons. The van der Waals surface area contributed by atoms with Gasteiger partial charge in [-0.2, -0.15) is 0 Å². The summed E-state index contributed by atoms with van der Waals surface area (Å²) in [5.74, 6) is 0.245. The van der Waals surface area contributed by atoms with Gasteiger partial charge in [-0.3, -0.25) is 0 Å². The average Bonchev–Trinajstić information content (AvgIpc) is 1.82. The maximum atomic E-state index is 9.68. The van der Waals surface area contributed by atoms with Crippen LogP contribution in [0.4, 0.5) is 0 Å². The Balaban J connectivity index is 4.59. The highest BCUT2D eigenvalue weighted by Gasteiger charge is 2.23. The van der Waals surface area contributed by atoms with E-state index in [9.17, 15) is 10.2 Å². The molecule has 0 saturated heterocycles. The highest BCUT2D eigenvalue weighted by atomic mass is 16.3. The van der Waals surface area contributed by atoms with Gasteiger partial charge in [0.15, 0.2) is 0 Å². The standard InChI is InChI=1S/C11H22O2/c1-10(2,3)8(12)7-9(13)11(4,5)6/h7-8,12-13H,1-6H3/b9-7-. The summed E-state index contributed by atoms with van der Waals surface area (Å²) >= 11 is 0. The summed E-state index contributed by atoms with van der Waals surface area (Å²) in [6, 6.07) is 0. The van der Waals surface area contributed by atoms with Gasteiger partial charge in [0.05, 0.1) is 11.9 Å². The Kier molecular flexibility index (Phi) is 3.56. The average molecular weight is 186 g/mol. The molecule has 2 heteroatoms. The van der Waals surface area contributed by atoms with Crippen molar-refractivity contribution >= 4 is 0 Å². The Morgan fingerprint density at radius 1 is 1.08 bits per heavy atom. The molecule has 0 spiro atoms. The van der Waals surface area contributed by atoms with Crippen molar-refractivity contribution in [1.82, 2.24) is 0 Å². The lowest BCUT2D eigenvalue weighted by Gasteiger charge is -2.25. The number of allylic oxidation sites excluding steroid dienone is 1. The van der Waals surface area contributed by atoms with E-state index in [1.165, 1.54) is 6.08 Å². The predicted octanol–water partition coefficient (Wildman–Crippen LogP) is 2.88. The Labute approximate surface area is 81.3 Å². The largest absolute Gasteiger partial charge is 0.512 e. The fourth-order valence-corrected chi connectivity index (χ4v) is 0.650. The topological polar surface area (TPSA) is 40.5 Å². The summed E-state index contributed by atoms with van der Waals surface area (Å²) in [7, 11) is 0. The molecule has 0 aliphatic rings. The monoisotopic (exact) mass is 186 g/mol. The maximum absolute atomic E-state index is 9.68. The van der Waals surface area contributed by atoms with E-state index in [4.69, 9.17) is 0 Å². The quantitative estimate of drug-likeness (QED) is 0.618. The van der Waals surface area contributed by atoms with E-state index in [2.05, 4.69) is 0 Å². The van der Waals surface area contributed by atoms with Gasteiger partial charge in [-0.25, -0.2) is 0 Å². The minimum Gasteiger partial charge on any atom is -0.512 e. The third-order valence-electron chi connectivity index (χ3n) is 1.97. The van der Waals surface area contributed by atoms with Gasteiger partial charge in [0.1, 0.15) is 0 Å². The third kappa shape index (κ3) is 4.32. The Bertz CT molecular complexity index is 191. The predicted molar refractivity (Wildman–Crippen MR) is 55.6 cm³/mol. The molecule has 2 N–H and O–H groups in total. The van der Waals surface area contributed by atoms with Crippen molar-refractivity contribution in [3.05, 3.63) is 11.8 Å². The SMILES string of the molecule is CC(C)(C)/C(O)=C/C(O)C(C)(C)C. The lowest BCUT2D eigenvalue weighted by molar-refractivity contribution is 0.0985. The second-order valence-electron chi connectivity index (χ2n) is 5.61. The molecule has 0 aliphatic carbocycles. The molecule has 1 atom stereocenters. The summed E-state index contributed by atoms with van der Waals surface area (Å²) in [5.41, 5.74) is -0.508. The van der Waals surface area contributed by atoms with Crippen molar-refractivity contribution in [2.24, 2.45) is 10.8 Å². The van der Waals surface area contributed by atoms with Crippen LogP contribution in [0.25, 0.3) is 0 Å². The first-order valence-electron chi connectivity index (χ1n) is 4.64. The van der Waals surface area contributed by atoms with Gasteiger partial charge in [0.2, 0.25) is 0 Å². The second-order valence-corrected chi connectivity index (χ2v) is 5.61. The van der Waals surface area contributed by atoms with Crippen LogP contribution in [-0.4, -0.2) is 16.3 Å². The van der Waals surface area contributed by atoms with Crippen molar-refractivity contribution < 1.29 is 10.2 Å². The van der Waals surface area contributed by atoms with Crippen LogP contribution in [0, 0.1) is 10.8 Å². The van der Waals surface area contributed by atoms with Crippen LogP contribution < -0.4 is 0 Å². The van der Waals surface area contributed by atoms with Crippen molar-refractivity contribution in [3.63, 3.8) is 0 Å². The van der Waals surface area contributed by atoms with E-state index in [0.717, 1.165) is 0 Å². The molecule has 1 unspecified atom stereocenters. The fourth-order valence-electron chi connectivity index (χ4n) is 0.650. The fraction of sp³-hybridized carbons (Fsp3) is 0.818. The first-order valence-corrected chi connectivity index (χ1v) is 4.64.